The molecule has 2 N–H and O–H groups in total. The molecule has 119 heavy (non-hydrogen) atoms. The first kappa shape index (κ1) is 94.9. The number of halogens is 40. The van der Waals surface area contributed by atoms with Gasteiger partial charge in [-0.25, -0.2) is 140 Å². The maximum Gasteiger partial charge on any atom is 0.458 e. The van der Waals surface area contributed by atoms with Crippen LogP contribution >= 0.6 is 0 Å². The highest BCUT2D eigenvalue weighted by atomic mass is 19.4. The van der Waals surface area contributed by atoms with E-state index in [-0.39, 0.29) is 0 Å². The highest BCUT2D eigenvalue weighted by Crippen LogP contribution is 2.55. The number of aryl methyl sites for hydroxylation is 4. The Morgan fingerprint density at radius 3 is 0.756 bits per heavy atom. The molecule has 10 aromatic carbocycles. The molecular formula is C77H52BF40N. The molecule has 0 amide bonds. The number of hydrogen-bond donors (Lipinski definition) is 1. The fourth-order valence-electron chi connectivity index (χ4n) is 15.0. The van der Waals surface area contributed by atoms with Gasteiger partial charge in [-0.05, 0) is 94.7 Å². The van der Waals surface area contributed by atoms with Crippen LogP contribution in [0, 0.1) is 198 Å². The summed E-state index contributed by atoms with van der Waals surface area (Å²) in [5, 5.41) is -17.4. The Hall–Kier alpha value is -9.54. The summed E-state index contributed by atoms with van der Waals surface area (Å²) in [6.07, 6.45) is -18.3. The topological polar surface area (TPSA) is 16.6 Å². The van der Waals surface area contributed by atoms with Crippen molar-refractivity contribution in [2.24, 2.45) is 11.8 Å². The zero-order valence-corrected chi connectivity index (χ0v) is 61.4. The van der Waals surface area contributed by atoms with E-state index in [2.05, 4.69) is 33.0 Å². The second-order valence-corrected chi connectivity index (χ2v) is 27.0. The molecule has 0 aliphatic rings. The molecule has 10 rings (SSSR count). The maximum atomic E-state index is 18.1. The standard InChI is InChI=1S/C48H20BF24.C15F16.C14H31N/c1-5-9-13-17(29(54)41(66)25(9)50)33(58)45(70)37(62)21(13)49(22-14-10(6-2)26(51)42(67)30(55)18(14)34(59)46(71)38(22)63,23-15-11(7-3)27(52)43(68)31(56)19(15)35(60)47(72)39(23)64)24-16-12(8-4)28(53)44(69)32(57)20(16)36(61)48(73)40(24)65;16-5-2(6(17)10(21)12(23)9(5)20)1-3(13(24,25)15(29,30)31)7(18)11(22)8(19)4(1)14(26,27)28;1-5-8-14(7-3)10-9-13(4)12-15-11-6-2/h5-8H2,1-4H3;;13-15H,5-12H2,1-4H3/q-1;;/p+1. The summed E-state index contributed by atoms with van der Waals surface area (Å²) in [6, 6.07) is 0. The van der Waals surface area contributed by atoms with E-state index < -0.39 is 346 Å². The molecular weight excluding hydrogens is 1710 g/mol. The van der Waals surface area contributed by atoms with Crippen molar-refractivity contribution in [1.29, 1.82) is 0 Å². The minimum Gasteiger partial charge on any atom is -0.346 e. The normalized spacial score (nSPS) is 12.9. The molecule has 648 valence electrons. The van der Waals surface area contributed by atoms with Crippen molar-refractivity contribution >= 4 is 71.1 Å². The van der Waals surface area contributed by atoms with E-state index in [0.717, 1.165) is 11.8 Å². The Labute approximate surface area is 643 Å². The van der Waals surface area contributed by atoms with Crippen LogP contribution in [-0.4, -0.2) is 25.4 Å². The Morgan fingerprint density at radius 2 is 0.513 bits per heavy atom. The minimum absolute atomic E-state index is 0.607. The van der Waals surface area contributed by atoms with Crippen LogP contribution in [0.2, 0.25) is 0 Å². The lowest BCUT2D eigenvalue weighted by molar-refractivity contribution is -0.660. The summed E-state index contributed by atoms with van der Waals surface area (Å²) in [6.45, 7) is 14.4. The van der Waals surface area contributed by atoms with Gasteiger partial charge in [0.15, 0.2) is 157 Å². The average molecular weight is 1760 g/mol. The summed E-state index contributed by atoms with van der Waals surface area (Å²) in [7, 11) is 0. The molecule has 0 bridgehead atoms. The van der Waals surface area contributed by atoms with Gasteiger partial charge in [-0.15, -0.1) is 21.9 Å². The van der Waals surface area contributed by atoms with E-state index in [1.165, 1.54) is 51.6 Å². The zero-order chi connectivity index (χ0) is 90.4. The number of alkyl halides is 8. The van der Waals surface area contributed by atoms with E-state index in [0.29, 0.717) is 27.7 Å². The second kappa shape index (κ2) is 34.9. The molecule has 0 radical (unpaired) electrons. The Kier molecular flexibility index (Phi) is 27.8. The molecule has 0 saturated heterocycles. The molecule has 2 unspecified atom stereocenters. The van der Waals surface area contributed by atoms with Gasteiger partial charge in [0.25, 0.3) is 0 Å². The van der Waals surface area contributed by atoms with Gasteiger partial charge in [-0.3, -0.25) is 0 Å². The van der Waals surface area contributed by atoms with E-state index in [1.54, 1.807) is 0 Å². The highest BCUT2D eigenvalue weighted by molar-refractivity contribution is 7.23. The van der Waals surface area contributed by atoms with Crippen LogP contribution in [0.1, 0.15) is 127 Å². The third kappa shape index (κ3) is 15.0. The first-order valence-electron chi connectivity index (χ1n) is 35.0. The molecule has 1 nitrogen and oxygen atoms in total. The fourth-order valence-corrected chi connectivity index (χ4v) is 15.0. The largest absolute Gasteiger partial charge is 0.458 e. The van der Waals surface area contributed by atoms with E-state index in [1.807, 2.05) is 0 Å². The van der Waals surface area contributed by atoms with Gasteiger partial charge in [-0.2, -0.15) is 35.1 Å². The summed E-state index contributed by atoms with van der Waals surface area (Å²) >= 11 is 0. The first-order valence-corrected chi connectivity index (χ1v) is 35.0. The van der Waals surface area contributed by atoms with Crippen LogP contribution in [0.15, 0.2) is 0 Å². The summed E-state index contributed by atoms with van der Waals surface area (Å²) < 4.78 is 612. The van der Waals surface area contributed by atoms with Gasteiger partial charge < -0.3 is 5.32 Å². The molecule has 0 aliphatic heterocycles. The van der Waals surface area contributed by atoms with Crippen molar-refractivity contribution in [1.82, 2.24) is 0 Å². The van der Waals surface area contributed by atoms with E-state index >= 15 is 105 Å². The van der Waals surface area contributed by atoms with Crippen LogP contribution < -0.4 is 27.2 Å². The van der Waals surface area contributed by atoms with Gasteiger partial charge in [0, 0.05) is 11.5 Å². The van der Waals surface area contributed by atoms with Crippen LogP contribution in [-0.2, 0) is 37.8 Å². The predicted molar refractivity (Wildman–Crippen MR) is 352 cm³/mol. The second-order valence-electron chi connectivity index (χ2n) is 27.0. The molecule has 0 saturated carbocycles. The fraction of sp³-hybridized carbons (Fsp3) is 0.325. The van der Waals surface area contributed by atoms with Gasteiger partial charge in [0.1, 0.15) is 35.0 Å². The predicted octanol–water partition coefficient (Wildman–Crippen LogP) is 23.6. The molecule has 0 aromatic heterocycles. The van der Waals surface area contributed by atoms with Crippen LogP contribution in [0.3, 0.4) is 0 Å². The number of quaternary nitrogens is 1. The van der Waals surface area contributed by atoms with Crippen molar-refractivity contribution in [3.63, 3.8) is 0 Å². The van der Waals surface area contributed by atoms with Crippen molar-refractivity contribution < 1.29 is 181 Å². The molecule has 0 heterocycles. The number of benzene rings is 10. The summed E-state index contributed by atoms with van der Waals surface area (Å²) in [5.74, 6) is -107. The summed E-state index contributed by atoms with van der Waals surface area (Å²) in [4.78, 5) is 0. The third-order valence-electron chi connectivity index (χ3n) is 20.4. The molecule has 0 spiro atoms. The lowest BCUT2D eigenvalue weighted by Crippen LogP contribution is -2.85. The molecule has 2 atom stereocenters. The third-order valence-corrected chi connectivity index (χ3v) is 20.4. The average Bonchev–Trinajstić information content (AvgIpc) is 0.658. The highest BCUT2D eigenvalue weighted by Gasteiger charge is 2.64. The minimum atomic E-state index is -7.12. The Balaban J connectivity index is 0.000000313. The first-order chi connectivity index (χ1) is 55.2. The van der Waals surface area contributed by atoms with Gasteiger partial charge in [0.2, 0.25) is 5.82 Å². The number of nitrogens with two attached hydrogens (primary N) is 1. The smallest absolute Gasteiger partial charge is 0.346 e. The SMILES string of the molecule is CCC[NH2+]CC(C)CCC(CC)CCC.CCc1c(F)c(F)c(F)c2c(F)c(F)c(F)c([B-](c3c(F)c(F)c(F)c4c(F)c(F)c(F)c(CC)c34)(c3c(F)c(F)c(F)c4c(F)c(F)c(F)c(CC)c34)c3c(F)c(F)c(F)c4c(F)c(F)c(F)c(CC)c34)c12.Fc1c(F)c(F)c(-c2c(C(F)(F)F)c(F)c(F)c(F)c2C(F)(F)C(F)(F)F)c(F)c1F. The maximum absolute atomic E-state index is 18.1. The lowest BCUT2D eigenvalue weighted by Gasteiger charge is -2.48. The van der Waals surface area contributed by atoms with Crippen molar-refractivity contribution in [3.8, 4) is 11.1 Å². The lowest BCUT2D eigenvalue weighted by atomic mass is 9.11. The number of rotatable bonds is 20. The monoisotopic (exact) mass is 1760 g/mol. The van der Waals surface area contributed by atoms with Gasteiger partial charge >= 0.3 is 18.3 Å². The van der Waals surface area contributed by atoms with Gasteiger partial charge in [0.05, 0.1) is 45.8 Å². The number of fused-ring (bicyclic) bond motifs is 4. The summed E-state index contributed by atoms with van der Waals surface area (Å²) in [5.41, 5.74) is -33.7. The van der Waals surface area contributed by atoms with Crippen molar-refractivity contribution in [3.05, 3.63) is 220 Å². The number of hydrogen-bond acceptors (Lipinski definition) is 0. The van der Waals surface area contributed by atoms with Crippen LogP contribution in [0.5, 0.6) is 0 Å². The molecule has 0 aliphatic carbocycles. The Morgan fingerprint density at radius 1 is 0.261 bits per heavy atom. The van der Waals surface area contributed by atoms with Crippen molar-refractivity contribution in [2.75, 3.05) is 13.1 Å². The molecule has 42 heteroatoms. The Bertz CT molecular complexity index is 5210. The van der Waals surface area contributed by atoms with Crippen LogP contribution in [0.25, 0.3) is 54.2 Å². The molecule has 10 aromatic rings. The van der Waals surface area contributed by atoms with Crippen LogP contribution in [0.4, 0.5) is 176 Å². The zero-order valence-electron chi connectivity index (χ0n) is 61.4. The van der Waals surface area contributed by atoms with E-state index in [4.69, 9.17) is 0 Å². The van der Waals surface area contributed by atoms with E-state index in [9.17, 15) is 70.2 Å². The quantitative estimate of drug-likeness (QED) is 0.0257. The molecule has 0 fully saturated rings. The van der Waals surface area contributed by atoms with Crippen molar-refractivity contribution in [2.45, 2.75) is 138 Å². The van der Waals surface area contributed by atoms with Gasteiger partial charge in [-0.1, -0.05) is 74.7 Å².